The maximum Gasteiger partial charge on any atom is 0.257 e. The minimum absolute atomic E-state index is 0.0177. The maximum atomic E-state index is 13.5. The van der Waals surface area contributed by atoms with Gasteiger partial charge < -0.3 is 19.5 Å². The number of rotatable bonds is 11. The van der Waals surface area contributed by atoms with E-state index in [1.807, 2.05) is 79.4 Å². The molecule has 2 amide bonds. The van der Waals surface area contributed by atoms with Crippen molar-refractivity contribution < 1.29 is 14.3 Å². The van der Waals surface area contributed by atoms with Crippen molar-refractivity contribution in [2.24, 2.45) is 0 Å². The van der Waals surface area contributed by atoms with Crippen LogP contribution in [0.25, 0.3) is 11.0 Å². The molecule has 0 bridgehead atoms. The molecule has 0 saturated heterocycles. The van der Waals surface area contributed by atoms with Crippen molar-refractivity contribution in [1.82, 2.24) is 14.9 Å². The van der Waals surface area contributed by atoms with Gasteiger partial charge in [-0.2, -0.15) is 0 Å². The molecule has 0 atom stereocenters. The number of hydrogen-bond acceptors (Lipinski definition) is 4. The van der Waals surface area contributed by atoms with Gasteiger partial charge in [0.15, 0.2) is 6.61 Å². The van der Waals surface area contributed by atoms with Gasteiger partial charge in [-0.3, -0.25) is 9.59 Å². The first-order chi connectivity index (χ1) is 19.5. The molecule has 0 aliphatic carbocycles. The summed E-state index contributed by atoms with van der Waals surface area (Å²) in [6.45, 7) is 5.64. The number of amides is 2. The van der Waals surface area contributed by atoms with Crippen LogP contribution >= 0.6 is 0 Å². The lowest BCUT2D eigenvalue weighted by Crippen LogP contribution is -2.38. The predicted octanol–water partition coefficient (Wildman–Crippen LogP) is 5.54. The first-order valence-electron chi connectivity index (χ1n) is 14.3. The number of nitrogens with zero attached hydrogens (tertiary/aromatic N) is 3. The molecule has 0 saturated carbocycles. The lowest BCUT2D eigenvalue weighted by atomic mass is 10.0. The van der Waals surface area contributed by atoms with Crippen LogP contribution in [0.2, 0.25) is 0 Å². The lowest BCUT2D eigenvalue weighted by molar-refractivity contribution is -0.123. The normalized spacial score (nSPS) is 12.8. The van der Waals surface area contributed by atoms with Crippen LogP contribution in [0.5, 0.6) is 5.75 Å². The van der Waals surface area contributed by atoms with E-state index in [0.717, 1.165) is 84.5 Å². The number of benzene rings is 3. The van der Waals surface area contributed by atoms with Crippen molar-refractivity contribution in [2.45, 2.75) is 58.9 Å². The van der Waals surface area contributed by atoms with Crippen LogP contribution in [0, 0.1) is 13.8 Å². The molecular weight excluding hydrogens is 500 g/mol. The number of unbranched alkanes of at least 4 members (excludes halogenated alkanes) is 2. The van der Waals surface area contributed by atoms with Gasteiger partial charge in [0.1, 0.15) is 18.1 Å². The molecule has 0 fully saturated rings. The zero-order chi connectivity index (χ0) is 27.9. The van der Waals surface area contributed by atoms with Gasteiger partial charge in [0.2, 0.25) is 5.91 Å². The first-order valence-corrected chi connectivity index (χ1v) is 14.3. The number of aryl methyl sites for hydroxylation is 4. The zero-order valence-electron chi connectivity index (χ0n) is 23.5. The summed E-state index contributed by atoms with van der Waals surface area (Å²) in [4.78, 5) is 32.6. The van der Waals surface area contributed by atoms with Crippen molar-refractivity contribution in [2.75, 3.05) is 24.6 Å². The number of carbonyl (C=O) groups excluding carboxylic acids is 2. The molecular formula is C33H38N4O3. The van der Waals surface area contributed by atoms with Gasteiger partial charge in [-0.1, -0.05) is 48.9 Å². The van der Waals surface area contributed by atoms with E-state index in [4.69, 9.17) is 9.72 Å². The van der Waals surface area contributed by atoms with E-state index in [1.165, 1.54) is 5.56 Å². The van der Waals surface area contributed by atoms with Crippen LogP contribution in [-0.2, 0) is 29.0 Å². The van der Waals surface area contributed by atoms with Crippen LogP contribution in [-0.4, -0.2) is 41.1 Å². The lowest BCUT2D eigenvalue weighted by Gasteiger charge is -2.29. The average Bonchev–Trinajstić information content (AvgIpc) is 3.31. The summed E-state index contributed by atoms with van der Waals surface area (Å²) >= 11 is 0. The summed E-state index contributed by atoms with van der Waals surface area (Å²) < 4.78 is 7.78. The third-order valence-electron chi connectivity index (χ3n) is 7.54. The van der Waals surface area contributed by atoms with Gasteiger partial charge in [0.25, 0.3) is 5.91 Å². The van der Waals surface area contributed by atoms with E-state index in [2.05, 4.69) is 16.0 Å². The summed E-state index contributed by atoms with van der Waals surface area (Å²) in [5.41, 5.74) is 6.31. The molecule has 40 heavy (non-hydrogen) atoms. The molecule has 5 rings (SSSR count). The SMILES string of the molecule is Cc1ccc(C)c(OCC(=O)NCCCCCc2nc3ccccc3n2CC(=O)N2CCCc3ccccc32)c1. The maximum absolute atomic E-state index is 13.5. The van der Waals surface area contributed by atoms with Crippen LogP contribution in [0.1, 0.15) is 48.2 Å². The number of carbonyl (C=O) groups is 2. The largest absolute Gasteiger partial charge is 0.483 e. The molecule has 2 heterocycles. The second-order valence-electron chi connectivity index (χ2n) is 10.6. The Morgan fingerprint density at radius 2 is 1.80 bits per heavy atom. The quantitative estimate of drug-likeness (QED) is 0.255. The molecule has 0 unspecified atom stereocenters. The Kier molecular flexibility index (Phi) is 8.79. The highest BCUT2D eigenvalue weighted by molar-refractivity contribution is 5.95. The second-order valence-corrected chi connectivity index (χ2v) is 10.6. The Bertz CT molecular complexity index is 1490. The van der Waals surface area contributed by atoms with E-state index < -0.39 is 0 Å². The molecule has 0 radical (unpaired) electrons. The van der Waals surface area contributed by atoms with Crippen molar-refractivity contribution in [3.05, 3.63) is 89.2 Å². The minimum Gasteiger partial charge on any atom is -0.483 e. The van der Waals surface area contributed by atoms with Crippen LogP contribution in [0.3, 0.4) is 0 Å². The van der Waals surface area contributed by atoms with Gasteiger partial charge in [-0.25, -0.2) is 4.98 Å². The molecule has 1 aromatic heterocycles. The van der Waals surface area contributed by atoms with E-state index in [1.54, 1.807) is 0 Å². The summed E-state index contributed by atoms with van der Waals surface area (Å²) in [5, 5.41) is 2.95. The Balaban J connectivity index is 1.12. The van der Waals surface area contributed by atoms with Crippen molar-refractivity contribution in [1.29, 1.82) is 0 Å². The minimum atomic E-state index is -0.111. The van der Waals surface area contributed by atoms with E-state index in [9.17, 15) is 9.59 Å². The molecule has 4 aromatic rings. The molecule has 1 N–H and O–H groups in total. The fourth-order valence-electron chi connectivity index (χ4n) is 5.38. The van der Waals surface area contributed by atoms with Crippen molar-refractivity contribution >= 4 is 28.5 Å². The molecule has 7 heteroatoms. The van der Waals surface area contributed by atoms with Gasteiger partial charge in [-0.05, 0) is 80.5 Å². The third-order valence-corrected chi connectivity index (χ3v) is 7.54. The number of anilines is 1. The number of hydrogen-bond donors (Lipinski definition) is 1. The zero-order valence-corrected chi connectivity index (χ0v) is 23.5. The molecule has 3 aromatic carbocycles. The summed E-state index contributed by atoms with van der Waals surface area (Å²) in [6, 6.07) is 22.2. The highest BCUT2D eigenvalue weighted by Gasteiger charge is 2.24. The first kappa shape index (κ1) is 27.4. The fraction of sp³-hybridized carbons (Fsp3) is 0.364. The molecule has 1 aliphatic rings. The third kappa shape index (κ3) is 6.53. The Morgan fingerprint density at radius 3 is 2.70 bits per heavy atom. The van der Waals surface area contributed by atoms with Gasteiger partial charge >= 0.3 is 0 Å². The van der Waals surface area contributed by atoms with E-state index in [0.29, 0.717) is 6.54 Å². The summed E-state index contributed by atoms with van der Waals surface area (Å²) in [7, 11) is 0. The van der Waals surface area contributed by atoms with Crippen LogP contribution in [0.4, 0.5) is 5.69 Å². The summed E-state index contributed by atoms with van der Waals surface area (Å²) in [5.74, 6) is 1.68. The van der Waals surface area contributed by atoms with Crippen LogP contribution in [0.15, 0.2) is 66.7 Å². The highest BCUT2D eigenvalue weighted by atomic mass is 16.5. The average molecular weight is 539 g/mol. The fourth-order valence-corrected chi connectivity index (χ4v) is 5.38. The monoisotopic (exact) mass is 538 g/mol. The van der Waals surface area contributed by atoms with Gasteiger partial charge in [0, 0.05) is 25.2 Å². The Labute approximate surface area is 236 Å². The number of para-hydroxylation sites is 3. The standard InChI is InChI=1S/C33H38N4O3/c1-24-17-18-25(2)30(21-24)40-23-32(38)34-19-9-3-4-16-31-35-27-13-6-8-15-29(27)37(31)22-33(39)36-20-10-12-26-11-5-7-14-28(26)36/h5-8,11,13-15,17-18,21H,3-4,9-10,12,16,19-20,22-23H2,1-2H3,(H,34,38). The van der Waals surface area contributed by atoms with Crippen molar-refractivity contribution in [3.63, 3.8) is 0 Å². The predicted molar refractivity (Wildman–Crippen MR) is 159 cm³/mol. The van der Waals surface area contributed by atoms with Gasteiger partial charge in [0.05, 0.1) is 11.0 Å². The highest BCUT2D eigenvalue weighted by Crippen LogP contribution is 2.28. The molecule has 208 valence electrons. The van der Waals surface area contributed by atoms with Gasteiger partial charge in [-0.15, -0.1) is 0 Å². The van der Waals surface area contributed by atoms with E-state index in [-0.39, 0.29) is 25.0 Å². The number of fused-ring (bicyclic) bond motifs is 2. The number of aromatic nitrogens is 2. The summed E-state index contributed by atoms with van der Waals surface area (Å²) in [6.07, 6.45) is 5.53. The Morgan fingerprint density at radius 1 is 0.975 bits per heavy atom. The number of ether oxygens (including phenoxy) is 1. The Hall–Kier alpha value is -4.13. The van der Waals surface area contributed by atoms with Crippen molar-refractivity contribution in [3.8, 4) is 5.75 Å². The number of nitrogens with one attached hydrogen (secondary N) is 1. The number of imidazole rings is 1. The topological polar surface area (TPSA) is 76.5 Å². The molecule has 0 spiro atoms. The molecule has 7 nitrogen and oxygen atoms in total. The molecule has 1 aliphatic heterocycles. The van der Waals surface area contributed by atoms with E-state index >= 15 is 0 Å². The smallest absolute Gasteiger partial charge is 0.257 e. The van der Waals surface area contributed by atoms with Crippen LogP contribution < -0.4 is 15.0 Å². The second kappa shape index (κ2) is 12.8.